The third-order valence-electron chi connectivity index (χ3n) is 4.97. The van der Waals surface area contributed by atoms with Gasteiger partial charge in [-0.15, -0.1) is 0 Å². The Bertz CT molecular complexity index is 834. The van der Waals surface area contributed by atoms with Gasteiger partial charge in [-0.25, -0.2) is 0 Å². The number of piperazine rings is 1. The molecule has 5 heteroatoms. The third-order valence-corrected chi connectivity index (χ3v) is 4.97. The first-order valence-corrected chi connectivity index (χ1v) is 9.70. The average molecular weight is 374 g/mol. The summed E-state index contributed by atoms with van der Waals surface area (Å²) in [6, 6.07) is 22.3. The normalized spacial score (nSPS) is 15.1. The lowest BCUT2D eigenvalue weighted by Crippen LogP contribution is -2.48. The summed E-state index contributed by atoms with van der Waals surface area (Å²) < 4.78 is 0. The molecule has 0 atom stereocenters. The van der Waals surface area contributed by atoms with E-state index in [-0.39, 0.29) is 11.5 Å². The van der Waals surface area contributed by atoms with E-state index in [1.807, 2.05) is 60.4 Å². The summed E-state index contributed by atoms with van der Waals surface area (Å²) in [5.41, 5.74) is 2.43. The summed E-state index contributed by atoms with van der Waals surface area (Å²) in [6.07, 6.45) is 1.67. The van der Waals surface area contributed by atoms with Crippen molar-refractivity contribution in [1.29, 1.82) is 5.26 Å². The molecule has 1 fully saturated rings. The second-order valence-corrected chi connectivity index (χ2v) is 6.83. The van der Waals surface area contributed by atoms with E-state index in [2.05, 4.69) is 23.1 Å². The van der Waals surface area contributed by atoms with Gasteiger partial charge in [0.05, 0.1) is 0 Å². The molecule has 0 unspecified atom stereocenters. The fraction of sp³-hybridized carbons (Fsp3) is 0.304. The van der Waals surface area contributed by atoms with Gasteiger partial charge in [-0.3, -0.25) is 9.69 Å². The number of amides is 1. The van der Waals surface area contributed by atoms with Gasteiger partial charge in [-0.1, -0.05) is 48.5 Å². The standard InChI is InChI=1S/C23H26N4O/c1-2-26(22-11-7-4-8-12-22)19-21(17-24)23(28)27-15-13-25(14-16-27)18-20-9-5-3-6-10-20/h3-12,19H,2,13-16,18H2,1H3/b21-19-. The maximum absolute atomic E-state index is 12.9. The lowest BCUT2D eigenvalue weighted by molar-refractivity contribution is -0.128. The van der Waals surface area contributed by atoms with Crippen molar-refractivity contribution in [2.24, 2.45) is 0 Å². The van der Waals surface area contributed by atoms with Crippen molar-refractivity contribution in [3.63, 3.8) is 0 Å². The molecule has 2 aromatic carbocycles. The Morgan fingerprint density at radius 1 is 1.04 bits per heavy atom. The minimum atomic E-state index is -0.184. The van der Waals surface area contributed by atoms with Crippen molar-refractivity contribution in [1.82, 2.24) is 9.80 Å². The van der Waals surface area contributed by atoms with Crippen LogP contribution in [0.4, 0.5) is 5.69 Å². The number of para-hydroxylation sites is 1. The van der Waals surface area contributed by atoms with Crippen LogP contribution in [0.1, 0.15) is 12.5 Å². The highest BCUT2D eigenvalue weighted by Gasteiger charge is 2.24. The SMILES string of the molecule is CCN(/C=C(/C#N)C(=O)N1CCN(Cc2ccccc2)CC1)c1ccccc1. The number of hydrogen-bond acceptors (Lipinski definition) is 4. The Hall–Kier alpha value is -3.10. The second kappa shape index (κ2) is 9.72. The van der Waals surface area contributed by atoms with Crippen LogP contribution in [0.5, 0.6) is 0 Å². The van der Waals surface area contributed by atoms with Crippen LogP contribution in [-0.4, -0.2) is 48.4 Å². The van der Waals surface area contributed by atoms with Gasteiger partial charge < -0.3 is 9.80 Å². The minimum absolute atomic E-state index is 0.183. The molecule has 1 heterocycles. The molecule has 5 nitrogen and oxygen atoms in total. The molecule has 1 aliphatic rings. The monoisotopic (exact) mass is 374 g/mol. The summed E-state index contributed by atoms with van der Waals surface area (Å²) in [6.45, 7) is 6.50. The Morgan fingerprint density at radius 2 is 1.64 bits per heavy atom. The molecule has 2 aromatic rings. The van der Waals surface area contributed by atoms with Crippen LogP contribution >= 0.6 is 0 Å². The number of hydrogen-bond donors (Lipinski definition) is 0. The van der Waals surface area contributed by atoms with Gasteiger partial charge in [-0.05, 0) is 24.6 Å². The number of benzene rings is 2. The number of carbonyl (C=O) groups excluding carboxylic acids is 1. The predicted octanol–water partition coefficient (Wildman–Crippen LogP) is 3.26. The molecule has 0 N–H and O–H groups in total. The van der Waals surface area contributed by atoms with Crippen molar-refractivity contribution in [3.05, 3.63) is 78.0 Å². The van der Waals surface area contributed by atoms with Crippen LogP contribution in [0.3, 0.4) is 0 Å². The summed E-state index contributed by atoms with van der Waals surface area (Å²) in [4.78, 5) is 18.9. The first kappa shape index (κ1) is 19.7. The molecule has 3 rings (SSSR count). The van der Waals surface area contributed by atoms with E-state index < -0.39 is 0 Å². The van der Waals surface area contributed by atoms with Gasteiger partial charge in [-0.2, -0.15) is 5.26 Å². The molecule has 28 heavy (non-hydrogen) atoms. The Kier molecular flexibility index (Phi) is 6.83. The number of rotatable bonds is 6. The van der Waals surface area contributed by atoms with Crippen LogP contribution in [0.2, 0.25) is 0 Å². The highest BCUT2D eigenvalue weighted by atomic mass is 16.2. The largest absolute Gasteiger partial charge is 0.347 e. The number of carbonyl (C=O) groups is 1. The molecule has 1 amide bonds. The molecule has 0 spiro atoms. The van der Waals surface area contributed by atoms with Crippen molar-refractivity contribution >= 4 is 11.6 Å². The molecule has 0 aromatic heterocycles. The van der Waals surface area contributed by atoms with Crippen molar-refractivity contribution in [2.45, 2.75) is 13.5 Å². The highest BCUT2D eigenvalue weighted by Crippen LogP contribution is 2.16. The molecule has 1 saturated heterocycles. The predicted molar refractivity (Wildman–Crippen MR) is 111 cm³/mol. The van der Waals surface area contributed by atoms with E-state index in [1.54, 1.807) is 11.1 Å². The van der Waals surface area contributed by atoms with Gasteiger partial charge in [0.1, 0.15) is 11.6 Å². The van der Waals surface area contributed by atoms with E-state index in [9.17, 15) is 10.1 Å². The lowest BCUT2D eigenvalue weighted by Gasteiger charge is -2.34. The smallest absolute Gasteiger partial charge is 0.266 e. The number of nitrogens with zero attached hydrogens (tertiary/aromatic N) is 4. The first-order chi connectivity index (χ1) is 13.7. The molecule has 0 bridgehead atoms. The molecular weight excluding hydrogens is 348 g/mol. The van der Waals surface area contributed by atoms with E-state index in [4.69, 9.17) is 0 Å². The van der Waals surface area contributed by atoms with E-state index in [0.717, 1.165) is 25.3 Å². The zero-order chi connectivity index (χ0) is 19.8. The first-order valence-electron chi connectivity index (χ1n) is 9.70. The fourth-order valence-corrected chi connectivity index (χ4v) is 3.38. The van der Waals surface area contributed by atoms with Crippen LogP contribution < -0.4 is 4.90 Å². The highest BCUT2D eigenvalue weighted by molar-refractivity contribution is 5.97. The Balaban J connectivity index is 1.62. The number of nitriles is 1. The van der Waals surface area contributed by atoms with E-state index >= 15 is 0 Å². The van der Waals surface area contributed by atoms with E-state index in [0.29, 0.717) is 19.6 Å². The van der Waals surface area contributed by atoms with Gasteiger partial charge in [0, 0.05) is 51.2 Å². The van der Waals surface area contributed by atoms with Gasteiger partial charge in [0.15, 0.2) is 0 Å². The van der Waals surface area contributed by atoms with Gasteiger partial charge >= 0.3 is 0 Å². The molecule has 0 radical (unpaired) electrons. The van der Waals surface area contributed by atoms with Crippen molar-refractivity contribution in [2.75, 3.05) is 37.6 Å². The van der Waals surface area contributed by atoms with Gasteiger partial charge in [0.2, 0.25) is 0 Å². The number of anilines is 1. The zero-order valence-electron chi connectivity index (χ0n) is 16.3. The molecular formula is C23H26N4O. The maximum atomic E-state index is 12.9. The van der Waals surface area contributed by atoms with Crippen LogP contribution in [0.25, 0.3) is 0 Å². The Labute approximate surface area is 167 Å². The topological polar surface area (TPSA) is 50.6 Å². The summed E-state index contributed by atoms with van der Waals surface area (Å²) in [7, 11) is 0. The van der Waals surface area contributed by atoms with Crippen LogP contribution in [0, 0.1) is 11.3 Å². The molecule has 1 aliphatic heterocycles. The average Bonchev–Trinajstić information content (AvgIpc) is 2.76. The zero-order valence-corrected chi connectivity index (χ0v) is 16.3. The summed E-state index contributed by atoms with van der Waals surface area (Å²) in [5, 5.41) is 9.56. The fourth-order valence-electron chi connectivity index (χ4n) is 3.38. The summed E-state index contributed by atoms with van der Waals surface area (Å²) >= 11 is 0. The Morgan fingerprint density at radius 3 is 2.21 bits per heavy atom. The minimum Gasteiger partial charge on any atom is -0.347 e. The van der Waals surface area contributed by atoms with Crippen molar-refractivity contribution < 1.29 is 4.79 Å². The quantitative estimate of drug-likeness (QED) is 0.575. The molecule has 0 saturated carbocycles. The second-order valence-electron chi connectivity index (χ2n) is 6.83. The van der Waals surface area contributed by atoms with Crippen LogP contribution in [0.15, 0.2) is 72.4 Å². The lowest BCUT2D eigenvalue weighted by atomic mass is 10.2. The van der Waals surface area contributed by atoms with Gasteiger partial charge in [0.25, 0.3) is 5.91 Å². The van der Waals surface area contributed by atoms with Crippen LogP contribution in [-0.2, 0) is 11.3 Å². The molecule has 144 valence electrons. The molecule has 0 aliphatic carbocycles. The maximum Gasteiger partial charge on any atom is 0.266 e. The van der Waals surface area contributed by atoms with E-state index in [1.165, 1.54) is 5.56 Å². The van der Waals surface area contributed by atoms with Crippen molar-refractivity contribution in [3.8, 4) is 6.07 Å². The third kappa shape index (κ3) is 4.99. The summed E-state index contributed by atoms with van der Waals surface area (Å²) in [5.74, 6) is -0.184.